The molecule has 0 unspecified atom stereocenters. The van der Waals surface area contributed by atoms with Crippen molar-refractivity contribution in [1.82, 2.24) is 0 Å². The Bertz CT molecular complexity index is 719. The van der Waals surface area contributed by atoms with Crippen molar-refractivity contribution in [1.29, 1.82) is 0 Å². The van der Waals surface area contributed by atoms with E-state index in [0.717, 1.165) is 0 Å². The molecule has 0 heterocycles. The third kappa shape index (κ3) is 3.45. The Balaban J connectivity index is 2.30. The Morgan fingerprint density at radius 1 is 0.875 bits per heavy atom. The van der Waals surface area contributed by atoms with E-state index in [-0.39, 0.29) is 11.3 Å². The number of hydrogen-bond donors (Lipinski definition) is 2. The van der Waals surface area contributed by atoms with Crippen molar-refractivity contribution >= 4 is 11.6 Å². The molecular weight excluding hydrogens is 314 g/mol. The SMILES string of the molecule is COc1ccc(C(=O)Nc2cc(OC)c(OC)c(OC)c2)cc1O. The van der Waals surface area contributed by atoms with Gasteiger partial charge < -0.3 is 29.4 Å². The topological polar surface area (TPSA) is 86.3 Å². The van der Waals surface area contributed by atoms with Gasteiger partial charge in [0.15, 0.2) is 23.0 Å². The fourth-order valence-corrected chi connectivity index (χ4v) is 2.19. The van der Waals surface area contributed by atoms with Crippen LogP contribution >= 0.6 is 0 Å². The van der Waals surface area contributed by atoms with Crippen LogP contribution in [0, 0.1) is 0 Å². The molecule has 0 aliphatic heterocycles. The van der Waals surface area contributed by atoms with Gasteiger partial charge in [-0.1, -0.05) is 0 Å². The number of methoxy groups -OCH3 is 4. The molecule has 0 bridgehead atoms. The lowest BCUT2D eigenvalue weighted by molar-refractivity contribution is 0.102. The van der Waals surface area contributed by atoms with Crippen LogP contribution < -0.4 is 24.3 Å². The molecule has 128 valence electrons. The molecule has 0 fully saturated rings. The number of carbonyl (C=O) groups is 1. The minimum atomic E-state index is -0.401. The number of aromatic hydroxyl groups is 1. The highest BCUT2D eigenvalue weighted by Gasteiger charge is 2.16. The molecule has 0 aliphatic rings. The quantitative estimate of drug-likeness (QED) is 0.845. The highest BCUT2D eigenvalue weighted by Crippen LogP contribution is 2.40. The first-order valence-electron chi connectivity index (χ1n) is 7.02. The molecule has 0 radical (unpaired) electrons. The molecule has 2 N–H and O–H groups in total. The minimum absolute atomic E-state index is 0.116. The maximum Gasteiger partial charge on any atom is 0.255 e. The summed E-state index contributed by atoms with van der Waals surface area (Å²) in [6.07, 6.45) is 0. The number of amides is 1. The standard InChI is InChI=1S/C17H19NO6/c1-21-13-6-5-10(7-12(13)19)17(20)18-11-8-14(22-2)16(24-4)15(9-11)23-3/h5-9,19H,1-4H3,(H,18,20). The number of hydrogen-bond acceptors (Lipinski definition) is 6. The van der Waals surface area contributed by atoms with Gasteiger partial charge in [-0.2, -0.15) is 0 Å². The predicted octanol–water partition coefficient (Wildman–Crippen LogP) is 2.68. The maximum atomic E-state index is 12.3. The van der Waals surface area contributed by atoms with E-state index < -0.39 is 5.91 Å². The monoisotopic (exact) mass is 333 g/mol. The largest absolute Gasteiger partial charge is 0.504 e. The summed E-state index contributed by atoms with van der Waals surface area (Å²) in [5, 5.41) is 12.5. The number of carbonyl (C=O) groups excluding carboxylic acids is 1. The van der Waals surface area contributed by atoms with E-state index in [0.29, 0.717) is 28.7 Å². The fourth-order valence-electron chi connectivity index (χ4n) is 2.19. The first kappa shape index (κ1) is 17.3. The van der Waals surface area contributed by atoms with Crippen LogP contribution in [0.15, 0.2) is 30.3 Å². The summed E-state index contributed by atoms with van der Waals surface area (Å²) >= 11 is 0. The van der Waals surface area contributed by atoms with E-state index in [1.54, 1.807) is 18.2 Å². The van der Waals surface area contributed by atoms with Crippen LogP contribution in [0.2, 0.25) is 0 Å². The number of phenols is 1. The van der Waals surface area contributed by atoms with Gasteiger partial charge in [-0.3, -0.25) is 4.79 Å². The average Bonchev–Trinajstić information content (AvgIpc) is 2.60. The van der Waals surface area contributed by atoms with E-state index >= 15 is 0 Å². The third-order valence-corrected chi connectivity index (χ3v) is 3.36. The Morgan fingerprint density at radius 2 is 1.46 bits per heavy atom. The van der Waals surface area contributed by atoms with E-state index in [9.17, 15) is 9.90 Å². The van der Waals surface area contributed by atoms with Gasteiger partial charge in [-0.25, -0.2) is 0 Å². The molecule has 0 aliphatic carbocycles. The molecule has 7 heteroatoms. The highest BCUT2D eigenvalue weighted by atomic mass is 16.5. The number of rotatable bonds is 6. The zero-order valence-corrected chi connectivity index (χ0v) is 13.9. The Labute approximate surface area is 139 Å². The van der Waals surface area contributed by atoms with Crippen molar-refractivity contribution in [2.24, 2.45) is 0 Å². The zero-order chi connectivity index (χ0) is 17.7. The van der Waals surface area contributed by atoms with E-state index in [1.165, 1.54) is 40.6 Å². The third-order valence-electron chi connectivity index (χ3n) is 3.36. The van der Waals surface area contributed by atoms with Crippen LogP contribution in [0.3, 0.4) is 0 Å². The number of ether oxygens (including phenoxy) is 4. The van der Waals surface area contributed by atoms with Gasteiger partial charge in [0.2, 0.25) is 5.75 Å². The second-order valence-corrected chi connectivity index (χ2v) is 4.75. The molecular formula is C17H19NO6. The second kappa shape index (κ2) is 7.45. The fraction of sp³-hybridized carbons (Fsp3) is 0.235. The van der Waals surface area contributed by atoms with Crippen LogP contribution in [0.4, 0.5) is 5.69 Å². The summed E-state index contributed by atoms with van der Waals surface area (Å²) in [5.74, 6) is 1.05. The summed E-state index contributed by atoms with van der Waals surface area (Å²) < 4.78 is 20.7. The van der Waals surface area contributed by atoms with Crippen molar-refractivity contribution in [2.45, 2.75) is 0 Å². The van der Waals surface area contributed by atoms with Gasteiger partial charge in [-0.05, 0) is 18.2 Å². The normalized spacial score (nSPS) is 10.0. The number of phenolic OH excluding ortho intramolecular Hbond substituents is 1. The Morgan fingerprint density at radius 3 is 1.92 bits per heavy atom. The van der Waals surface area contributed by atoms with Crippen LogP contribution in [0.5, 0.6) is 28.7 Å². The molecule has 0 spiro atoms. The molecule has 0 aromatic heterocycles. The smallest absolute Gasteiger partial charge is 0.255 e. The van der Waals surface area contributed by atoms with Gasteiger partial charge in [-0.15, -0.1) is 0 Å². The lowest BCUT2D eigenvalue weighted by Gasteiger charge is -2.14. The van der Waals surface area contributed by atoms with Gasteiger partial charge in [0.25, 0.3) is 5.91 Å². The molecule has 0 atom stereocenters. The Hall–Kier alpha value is -3.09. The minimum Gasteiger partial charge on any atom is -0.504 e. The van der Waals surface area contributed by atoms with Crippen molar-refractivity contribution in [3.8, 4) is 28.7 Å². The first-order valence-corrected chi connectivity index (χ1v) is 7.02. The Kier molecular flexibility index (Phi) is 5.36. The molecule has 24 heavy (non-hydrogen) atoms. The van der Waals surface area contributed by atoms with E-state index in [4.69, 9.17) is 18.9 Å². The molecule has 0 saturated carbocycles. The van der Waals surface area contributed by atoms with Gasteiger partial charge in [0.1, 0.15) is 0 Å². The second-order valence-electron chi connectivity index (χ2n) is 4.75. The van der Waals surface area contributed by atoms with Crippen LogP contribution in [-0.4, -0.2) is 39.5 Å². The lowest BCUT2D eigenvalue weighted by Crippen LogP contribution is -2.12. The van der Waals surface area contributed by atoms with Crippen LogP contribution in [0.1, 0.15) is 10.4 Å². The first-order chi connectivity index (χ1) is 11.5. The summed E-state index contributed by atoms with van der Waals surface area (Å²) in [6, 6.07) is 7.61. The molecule has 1 amide bonds. The lowest BCUT2D eigenvalue weighted by atomic mass is 10.1. The molecule has 2 aromatic rings. The van der Waals surface area contributed by atoms with Gasteiger partial charge in [0.05, 0.1) is 28.4 Å². The van der Waals surface area contributed by atoms with E-state index in [1.807, 2.05) is 0 Å². The summed E-state index contributed by atoms with van der Waals surface area (Å²) in [6.45, 7) is 0. The zero-order valence-electron chi connectivity index (χ0n) is 13.9. The average molecular weight is 333 g/mol. The van der Waals surface area contributed by atoms with Gasteiger partial charge >= 0.3 is 0 Å². The van der Waals surface area contributed by atoms with Gasteiger partial charge in [0, 0.05) is 23.4 Å². The summed E-state index contributed by atoms with van der Waals surface area (Å²) in [4.78, 5) is 12.3. The van der Waals surface area contributed by atoms with Crippen LogP contribution in [0.25, 0.3) is 0 Å². The molecule has 2 aromatic carbocycles. The maximum absolute atomic E-state index is 12.3. The van der Waals surface area contributed by atoms with Crippen molar-refractivity contribution in [3.05, 3.63) is 35.9 Å². The number of benzene rings is 2. The predicted molar refractivity (Wildman–Crippen MR) is 88.7 cm³/mol. The molecule has 2 rings (SSSR count). The molecule has 0 saturated heterocycles. The number of anilines is 1. The van der Waals surface area contributed by atoms with Crippen LogP contribution in [-0.2, 0) is 0 Å². The van der Waals surface area contributed by atoms with E-state index in [2.05, 4.69) is 5.32 Å². The highest BCUT2D eigenvalue weighted by molar-refractivity contribution is 6.05. The van der Waals surface area contributed by atoms with Crippen molar-refractivity contribution in [3.63, 3.8) is 0 Å². The number of nitrogens with one attached hydrogen (secondary N) is 1. The summed E-state index contributed by atoms with van der Waals surface area (Å²) in [5.41, 5.74) is 0.742. The molecule has 7 nitrogen and oxygen atoms in total. The summed E-state index contributed by atoms with van der Waals surface area (Å²) in [7, 11) is 5.91. The van der Waals surface area contributed by atoms with Crippen molar-refractivity contribution in [2.75, 3.05) is 33.8 Å². The van der Waals surface area contributed by atoms with Crippen molar-refractivity contribution < 1.29 is 28.8 Å².